The van der Waals surface area contributed by atoms with Gasteiger partial charge in [-0.15, -0.1) is 0 Å². The predicted molar refractivity (Wildman–Crippen MR) is 150 cm³/mol. The van der Waals surface area contributed by atoms with Crippen LogP contribution in [0.5, 0.6) is 0 Å². The van der Waals surface area contributed by atoms with Gasteiger partial charge in [0.15, 0.2) is 0 Å². The SMILES string of the molecule is C=O.C=O.CC.CC.CCC(C)c1cccc2c1ccn2C.CCCC.Cc1ccccc1. The molecule has 0 aliphatic rings. The van der Waals surface area contributed by atoms with Gasteiger partial charge in [-0.2, -0.15) is 0 Å². The number of nitrogens with zero attached hydrogens (tertiary/aromatic N) is 1. The highest BCUT2D eigenvalue weighted by molar-refractivity contribution is 5.84. The average molecular weight is 458 g/mol. The van der Waals surface area contributed by atoms with Crippen LogP contribution < -0.4 is 0 Å². The first-order valence-electron chi connectivity index (χ1n) is 12.2. The summed E-state index contributed by atoms with van der Waals surface area (Å²) < 4.78 is 2.18. The van der Waals surface area contributed by atoms with Gasteiger partial charge in [-0.05, 0) is 37.0 Å². The number of fused-ring (bicyclic) bond motifs is 1. The summed E-state index contributed by atoms with van der Waals surface area (Å²) in [4.78, 5) is 16.0. The van der Waals surface area contributed by atoms with E-state index >= 15 is 0 Å². The first kappa shape index (κ1) is 37.6. The molecule has 0 radical (unpaired) electrons. The fourth-order valence-corrected chi connectivity index (χ4v) is 2.51. The minimum absolute atomic E-state index is 0.654. The van der Waals surface area contributed by atoms with Gasteiger partial charge in [0.2, 0.25) is 0 Å². The van der Waals surface area contributed by atoms with Crippen molar-refractivity contribution in [3.05, 3.63) is 71.9 Å². The molecular weight excluding hydrogens is 406 g/mol. The topological polar surface area (TPSA) is 39.1 Å². The molecule has 0 fully saturated rings. The van der Waals surface area contributed by atoms with Gasteiger partial charge in [0.1, 0.15) is 13.6 Å². The third-order valence-corrected chi connectivity index (χ3v) is 4.55. The van der Waals surface area contributed by atoms with Gasteiger partial charge in [-0.25, -0.2) is 0 Å². The van der Waals surface area contributed by atoms with Crippen LogP contribution in [0.1, 0.15) is 91.7 Å². The van der Waals surface area contributed by atoms with Crippen LogP contribution in [-0.2, 0) is 16.6 Å². The Morgan fingerprint density at radius 3 is 1.61 bits per heavy atom. The van der Waals surface area contributed by atoms with E-state index in [9.17, 15) is 0 Å². The van der Waals surface area contributed by atoms with Gasteiger partial charge >= 0.3 is 0 Å². The summed E-state index contributed by atoms with van der Waals surface area (Å²) in [5.41, 5.74) is 4.14. The van der Waals surface area contributed by atoms with Crippen molar-refractivity contribution < 1.29 is 9.59 Å². The molecule has 3 heteroatoms. The summed E-state index contributed by atoms with van der Waals surface area (Å²) >= 11 is 0. The molecule has 3 nitrogen and oxygen atoms in total. The molecule has 0 aliphatic carbocycles. The first-order chi connectivity index (χ1) is 16.0. The van der Waals surface area contributed by atoms with Crippen LogP contribution in [-0.4, -0.2) is 18.1 Å². The van der Waals surface area contributed by atoms with Crippen molar-refractivity contribution in [1.29, 1.82) is 0 Å². The zero-order valence-electron chi connectivity index (χ0n) is 23.2. The number of hydrogen-bond acceptors (Lipinski definition) is 2. The molecule has 0 saturated heterocycles. The molecule has 3 aromatic rings. The molecule has 1 unspecified atom stereocenters. The van der Waals surface area contributed by atoms with Gasteiger partial charge < -0.3 is 14.2 Å². The number of hydrogen-bond donors (Lipinski definition) is 0. The maximum absolute atomic E-state index is 8.00. The molecular formula is C30H51NO2. The fraction of sp³-hybridized carbons (Fsp3) is 0.467. The van der Waals surface area contributed by atoms with E-state index in [0.717, 1.165) is 0 Å². The molecule has 1 heterocycles. The predicted octanol–water partition coefficient (Wildman–Crippen LogP) is 9.18. The lowest BCUT2D eigenvalue weighted by molar-refractivity contribution is -0.0987. The van der Waals surface area contributed by atoms with E-state index in [1.165, 1.54) is 41.3 Å². The summed E-state index contributed by atoms with van der Waals surface area (Å²) in [6.45, 7) is 23.0. The minimum Gasteiger partial charge on any atom is -0.351 e. The normalized spacial score (nSPS) is 9.03. The minimum atomic E-state index is 0.654. The number of benzene rings is 2. The lowest BCUT2D eigenvalue weighted by Crippen LogP contribution is -1.92. The van der Waals surface area contributed by atoms with Gasteiger partial charge in [-0.1, -0.05) is 116 Å². The van der Waals surface area contributed by atoms with Crippen LogP contribution in [0, 0.1) is 6.92 Å². The highest BCUT2D eigenvalue weighted by Crippen LogP contribution is 2.27. The number of carbonyl (C=O) groups excluding carboxylic acids is 2. The molecule has 0 spiro atoms. The van der Waals surface area contributed by atoms with E-state index in [2.05, 4.69) is 88.8 Å². The summed E-state index contributed by atoms with van der Waals surface area (Å²) in [7, 11) is 2.10. The van der Waals surface area contributed by atoms with Crippen molar-refractivity contribution in [2.75, 3.05) is 0 Å². The molecule has 0 bridgehead atoms. The van der Waals surface area contributed by atoms with E-state index in [0.29, 0.717) is 5.92 Å². The van der Waals surface area contributed by atoms with Crippen LogP contribution in [0.2, 0.25) is 0 Å². The van der Waals surface area contributed by atoms with Crippen molar-refractivity contribution in [2.24, 2.45) is 7.05 Å². The summed E-state index contributed by atoms with van der Waals surface area (Å²) in [6.07, 6.45) is 5.98. The number of unbranched alkanes of at least 4 members (excludes halogenated alkanes) is 1. The van der Waals surface area contributed by atoms with E-state index in [-0.39, 0.29) is 0 Å². The van der Waals surface area contributed by atoms with E-state index in [1.54, 1.807) is 0 Å². The second kappa shape index (κ2) is 29.3. The number of rotatable bonds is 3. The Kier molecular flexibility index (Phi) is 33.4. The van der Waals surface area contributed by atoms with Crippen molar-refractivity contribution in [1.82, 2.24) is 4.57 Å². The van der Waals surface area contributed by atoms with Gasteiger partial charge in [-0.3, -0.25) is 0 Å². The van der Waals surface area contributed by atoms with Crippen molar-refractivity contribution in [3.63, 3.8) is 0 Å². The molecule has 0 aliphatic heterocycles. The average Bonchev–Trinajstić information content (AvgIpc) is 3.30. The van der Waals surface area contributed by atoms with E-state index in [1.807, 2.05) is 59.5 Å². The lowest BCUT2D eigenvalue weighted by atomic mass is 9.95. The molecule has 0 N–H and O–H groups in total. The Bertz CT molecular complexity index is 746. The summed E-state index contributed by atoms with van der Waals surface area (Å²) in [5.74, 6) is 0.654. The van der Waals surface area contributed by atoms with E-state index < -0.39 is 0 Å². The number of carbonyl (C=O) groups is 2. The molecule has 1 atom stereocenters. The molecule has 33 heavy (non-hydrogen) atoms. The molecule has 0 amide bonds. The standard InChI is InChI=1S/C13H17N.C7H8.C4H10.2C2H6.2CH2O/c1-4-10(2)11-6-5-7-13-12(11)8-9-14(13)3;1-7-5-3-2-4-6-7;1-3-4-2;4*1-2/h5-10H,4H2,1-3H3;2-6H,1H3;3-4H2,1-2H3;2*1-2H3;2*1H2. The lowest BCUT2D eigenvalue weighted by Gasteiger charge is -2.10. The zero-order valence-corrected chi connectivity index (χ0v) is 23.2. The summed E-state index contributed by atoms with van der Waals surface area (Å²) in [5, 5.41) is 1.41. The number of aromatic nitrogens is 1. The Morgan fingerprint density at radius 2 is 1.24 bits per heavy atom. The van der Waals surface area contributed by atoms with Gasteiger partial charge in [0, 0.05) is 24.1 Å². The Labute approximate surface area is 205 Å². The zero-order chi connectivity index (χ0) is 26.7. The first-order valence-corrected chi connectivity index (χ1v) is 12.2. The maximum atomic E-state index is 8.00. The molecule has 3 rings (SSSR count). The Hall–Kier alpha value is -2.68. The third-order valence-electron chi connectivity index (χ3n) is 4.55. The maximum Gasteiger partial charge on any atom is 0.106 e. The van der Waals surface area contributed by atoms with E-state index in [4.69, 9.17) is 9.59 Å². The van der Waals surface area contributed by atoms with Gasteiger partial charge in [0.05, 0.1) is 0 Å². The Balaban J connectivity index is -0.000000187. The Morgan fingerprint density at radius 1 is 0.758 bits per heavy atom. The largest absolute Gasteiger partial charge is 0.351 e. The second-order valence-corrected chi connectivity index (χ2v) is 6.67. The fourth-order valence-electron chi connectivity index (χ4n) is 2.51. The second-order valence-electron chi connectivity index (χ2n) is 6.67. The van der Waals surface area contributed by atoms with Crippen LogP contribution in [0.15, 0.2) is 60.8 Å². The molecule has 0 saturated carbocycles. The van der Waals surface area contributed by atoms with Crippen LogP contribution in [0.3, 0.4) is 0 Å². The third kappa shape index (κ3) is 17.5. The smallest absolute Gasteiger partial charge is 0.106 e. The quantitative estimate of drug-likeness (QED) is 0.393. The van der Waals surface area contributed by atoms with Crippen LogP contribution >= 0.6 is 0 Å². The number of aryl methyl sites for hydroxylation is 2. The summed E-state index contributed by atoms with van der Waals surface area (Å²) in [6, 6.07) is 19.1. The highest BCUT2D eigenvalue weighted by atomic mass is 16.1. The molecule has 188 valence electrons. The van der Waals surface area contributed by atoms with Crippen molar-refractivity contribution >= 4 is 24.5 Å². The highest BCUT2D eigenvalue weighted by Gasteiger charge is 2.08. The van der Waals surface area contributed by atoms with Gasteiger partial charge in [0.25, 0.3) is 0 Å². The van der Waals surface area contributed by atoms with Crippen LogP contribution in [0.4, 0.5) is 0 Å². The van der Waals surface area contributed by atoms with Crippen molar-refractivity contribution in [3.8, 4) is 0 Å². The monoisotopic (exact) mass is 457 g/mol. The molecule has 2 aromatic carbocycles. The van der Waals surface area contributed by atoms with Crippen LogP contribution in [0.25, 0.3) is 10.9 Å². The molecule has 1 aromatic heterocycles. The van der Waals surface area contributed by atoms with Crippen molar-refractivity contribution in [2.45, 2.75) is 87.5 Å².